The number of ether oxygens (including phenoxy) is 1. The van der Waals surface area contributed by atoms with Gasteiger partial charge in [0.25, 0.3) is 5.91 Å². The van der Waals surface area contributed by atoms with Gasteiger partial charge in [0.05, 0.1) is 36.3 Å². The fraction of sp³-hybridized carbons (Fsp3) is 0.333. The first kappa shape index (κ1) is 16.5. The average molecular weight is 352 g/mol. The van der Waals surface area contributed by atoms with Crippen LogP contribution in [-0.2, 0) is 4.74 Å². The lowest BCUT2D eigenvalue weighted by Crippen LogP contribution is -2.42. The summed E-state index contributed by atoms with van der Waals surface area (Å²) in [6.07, 6.45) is 3.05. The second kappa shape index (κ2) is 6.72. The van der Waals surface area contributed by atoms with Crippen molar-refractivity contribution in [2.24, 2.45) is 0 Å². The van der Waals surface area contributed by atoms with E-state index < -0.39 is 0 Å². The molecule has 8 heteroatoms. The Labute approximate surface area is 150 Å². The van der Waals surface area contributed by atoms with Gasteiger partial charge in [-0.3, -0.25) is 4.79 Å². The fourth-order valence-corrected chi connectivity index (χ4v) is 3.08. The summed E-state index contributed by atoms with van der Waals surface area (Å²) in [7, 11) is 3.78. The maximum absolute atomic E-state index is 13.0. The first-order valence-electron chi connectivity index (χ1n) is 8.47. The number of benzene rings is 1. The van der Waals surface area contributed by atoms with Crippen molar-refractivity contribution in [2.75, 3.05) is 38.7 Å². The Bertz CT molecular complexity index is 938. The molecule has 0 unspecified atom stereocenters. The van der Waals surface area contributed by atoms with E-state index in [0.717, 1.165) is 11.2 Å². The molecule has 2 aromatic heterocycles. The molecule has 1 fully saturated rings. The van der Waals surface area contributed by atoms with Crippen LogP contribution in [0.1, 0.15) is 22.2 Å². The Kier molecular flexibility index (Phi) is 4.26. The van der Waals surface area contributed by atoms with E-state index in [9.17, 15) is 4.79 Å². The van der Waals surface area contributed by atoms with Crippen molar-refractivity contribution < 1.29 is 9.53 Å². The van der Waals surface area contributed by atoms with Gasteiger partial charge in [0.1, 0.15) is 11.6 Å². The number of nitrogens with one attached hydrogen (secondary N) is 1. The van der Waals surface area contributed by atoms with Gasteiger partial charge in [-0.05, 0) is 18.2 Å². The number of carbonyl (C=O) groups excluding carboxylic acids is 1. The Hall–Kier alpha value is -3.00. The van der Waals surface area contributed by atoms with Gasteiger partial charge in [-0.2, -0.15) is 0 Å². The van der Waals surface area contributed by atoms with Gasteiger partial charge in [0.2, 0.25) is 5.95 Å². The summed E-state index contributed by atoms with van der Waals surface area (Å²) < 4.78 is 5.86. The quantitative estimate of drug-likeness (QED) is 0.771. The first-order chi connectivity index (χ1) is 12.6. The summed E-state index contributed by atoms with van der Waals surface area (Å²) in [6, 6.07) is 7.41. The number of para-hydroxylation sites is 1. The summed E-state index contributed by atoms with van der Waals surface area (Å²) >= 11 is 0. The third-order valence-corrected chi connectivity index (χ3v) is 4.43. The molecule has 3 heterocycles. The van der Waals surface area contributed by atoms with Gasteiger partial charge in [-0.25, -0.2) is 15.0 Å². The predicted molar refractivity (Wildman–Crippen MR) is 97.0 cm³/mol. The first-order valence-corrected chi connectivity index (χ1v) is 8.47. The zero-order valence-electron chi connectivity index (χ0n) is 14.7. The second-order valence-electron chi connectivity index (χ2n) is 6.39. The maximum Gasteiger partial charge on any atom is 0.256 e. The van der Waals surface area contributed by atoms with Crippen LogP contribution in [0, 0.1) is 0 Å². The molecule has 1 aromatic carbocycles. The highest BCUT2D eigenvalue weighted by Gasteiger charge is 2.28. The molecule has 0 radical (unpaired) electrons. The van der Waals surface area contributed by atoms with Gasteiger partial charge >= 0.3 is 0 Å². The predicted octanol–water partition coefficient (Wildman–Crippen LogP) is 1.63. The van der Waals surface area contributed by atoms with Crippen molar-refractivity contribution in [3.63, 3.8) is 0 Å². The van der Waals surface area contributed by atoms with Crippen LogP contribution in [0.5, 0.6) is 0 Å². The standard InChI is InChI=1S/C18H20N6O2/c1-23(2)18-19-7-6-13(22-18)15-10-24(8-9-26-15)17(25)12-4-3-5-14-16(12)21-11-20-14/h3-7,11,15H,8-10H2,1-2H3,(H,20,21)/t15-/m1/s1. The van der Waals surface area contributed by atoms with E-state index in [-0.39, 0.29) is 12.0 Å². The second-order valence-corrected chi connectivity index (χ2v) is 6.39. The van der Waals surface area contributed by atoms with Gasteiger partial charge in [0, 0.05) is 26.8 Å². The number of hydrogen-bond donors (Lipinski definition) is 1. The highest BCUT2D eigenvalue weighted by atomic mass is 16.5. The average Bonchev–Trinajstić information content (AvgIpc) is 3.16. The third-order valence-electron chi connectivity index (χ3n) is 4.43. The highest BCUT2D eigenvalue weighted by Crippen LogP contribution is 2.24. The van der Waals surface area contributed by atoms with Crippen LogP contribution < -0.4 is 4.90 Å². The van der Waals surface area contributed by atoms with Crippen LogP contribution in [0.3, 0.4) is 0 Å². The molecule has 1 N–H and O–H groups in total. The van der Waals surface area contributed by atoms with E-state index >= 15 is 0 Å². The van der Waals surface area contributed by atoms with Gasteiger partial charge in [0.15, 0.2) is 0 Å². The molecule has 1 amide bonds. The van der Waals surface area contributed by atoms with Crippen LogP contribution in [0.15, 0.2) is 36.8 Å². The summed E-state index contributed by atoms with van der Waals surface area (Å²) in [5.74, 6) is 0.578. The van der Waals surface area contributed by atoms with Crippen molar-refractivity contribution in [1.29, 1.82) is 0 Å². The normalized spacial score (nSPS) is 17.5. The molecule has 1 atom stereocenters. The number of morpholine rings is 1. The van der Waals surface area contributed by atoms with E-state index in [1.807, 2.05) is 43.3 Å². The van der Waals surface area contributed by atoms with Crippen LogP contribution in [0.2, 0.25) is 0 Å². The van der Waals surface area contributed by atoms with Gasteiger partial charge in [-0.1, -0.05) is 6.07 Å². The van der Waals surface area contributed by atoms with Crippen LogP contribution in [-0.4, -0.2) is 64.5 Å². The Morgan fingerprint density at radius 2 is 2.19 bits per heavy atom. The number of amides is 1. The molecule has 1 aliphatic heterocycles. The van der Waals surface area contributed by atoms with Crippen molar-refractivity contribution in [1.82, 2.24) is 24.8 Å². The van der Waals surface area contributed by atoms with Gasteiger partial charge < -0.3 is 19.5 Å². The number of aromatic amines is 1. The molecule has 26 heavy (non-hydrogen) atoms. The number of carbonyl (C=O) groups is 1. The monoisotopic (exact) mass is 352 g/mol. The van der Waals surface area contributed by atoms with Crippen molar-refractivity contribution in [3.05, 3.63) is 48.0 Å². The molecular weight excluding hydrogens is 332 g/mol. The number of aromatic nitrogens is 4. The summed E-state index contributed by atoms with van der Waals surface area (Å²) in [5, 5.41) is 0. The Morgan fingerprint density at radius 1 is 1.31 bits per heavy atom. The third kappa shape index (κ3) is 2.99. The fourth-order valence-electron chi connectivity index (χ4n) is 3.08. The minimum atomic E-state index is -0.271. The van der Waals surface area contributed by atoms with Crippen molar-refractivity contribution >= 4 is 22.9 Å². The van der Waals surface area contributed by atoms with E-state index in [1.54, 1.807) is 17.4 Å². The Balaban J connectivity index is 1.58. The number of anilines is 1. The molecule has 4 rings (SSSR count). The molecular formula is C18H20N6O2. The lowest BCUT2D eigenvalue weighted by atomic mass is 10.1. The number of hydrogen-bond acceptors (Lipinski definition) is 6. The lowest BCUT2D eigenvalue weighted by Gasteiger charge is -2.33. The van der Waals surface area contributed by atoms with E-state index in [1.165, 1.54) is 0 Å². The minimum absolute atomic E-state index is 0.0436. The molecule has 0 spiro atoms. The zero-order valence-corrected chi connectivity index (χ0v) is 14.7. The molecule has 0 saturated carbocycles. The zero-order chi connectivity index (χ0) is 18.1. The van der Waals surface area contributed by atoms with E-state index in [0.29, 0.717) is 36.7 Å². The topological polar surface area (TPSA) is 87.2 Å². The molecule has 1 saturated heterocycles. The smallest absolute Gasteiger partial charge is 0.256 e. The minimum Gasteiger partial charge on any atom is -0.368 e. The van der Waals surface area contributed by atoms with Crippen molar-refractivity contribution in [3.8, 4) is 0 Å². The van der Waals surface area contributed by atoms with Crippen LogP contribution in [0.25, 0.3) is 11.0 Å². The Morgan fingerprint density at radius 3 is 3.04 bits per heavy atom. The molecule has 0 bridgehead atoms. The summed E-state index contributed by atoms with van der Waals surface area (Å²) in [4.78, 5) is 32.8. The molecule has 0 aliphatic carbocycles. The van der Waals surface area contributed by atoms with Crippen LogP contribution >= 0.6 is 0 Å². The van der Waals surface area contributed by atoms with E-state index in [4.69, 9.17) is 4.74 Å². The number of rotatable bonds is 3. The largest absolute Gasteiger partial charge is 0.368 e. The maximum atomic E-state index is 13.0. The van der Waals surface area contributed by atoms with Crippen molar-refractivity contribution in [2.45, 2.75) is 6.10 Å². The number of fused-ring (bicyclic) bond motifs is 1. The number of nitrogens with zero attached hydrogens (tertiary/aromatic N) is 5. The SMILES string of the molecule is CN(C)c1nccc([C@H]2CN(C(=O)c3cccc4[nH]cnc34)CCO2)n1. The lowest BCUT2D eigenvalue weighted by molar-refractivity contribution is -0.0246. The molecule has 3 aromatic rings. The summed E-state index contributed by atoms with van der Waals surface area (Å²) in [5.41, 5.74) is 2.92. The highest BCUT2D eigenvalue weighted by molar-refractivity contribution is 6.04. The molecule has 134 valence electrons. The van der Waals surface area contributed by atoms with Crippen LogP contribution in [0.4, 0.5) is 5.95 Å². The number of imidazole rings is 1. The van der Waals surface area contributed by atoms with Gasteiger partial charge in [-0.15, -0.1) is 0 Å². The summed E-state index contributed by atoms with van der Waals surface area (Å²) in [6.45, 7) is 1.46. The number of H-pyrrole nitrogens is 1. The molecule has 1 aliphatic rings. The van der Waals surface area contributed by atoms with E-state index in [2.05, 4.69) is 19.9 Å². The molecule has 8 nitrogen and oxygen atoms in total.